The molecule has 0 spiro atoms. The van der Waals surface area contributed by atoms with Gasteiger partial charge in [-0.3, -0.25) is 0 Å². The molecule has 1 fully saturated rings. The number of rotatable bonds is 7. The molecule has 0 amide bonds. The molecule has 8 heteroatoms. The van der Waals surface area contributed by atoms with Gasteiger partial charge in [0.25, 0.3) is 0 Å². The first-order chi connectivity index (χ1) is 10.3. The highest BCUT2D eigenvalue weighted by atomic mass is 127. The number of pyridine rings is 1. The highest BCUT2D eigenvalue weighted by Crippen LogP contribution is 2.16. The average molecular weight is 422 g/mol. The predicted octanol–water partition coefficient (Wildman–Crippen LogP) is 0.918. The van der Waals surface area contributed by atoms with Gasteiger partial charge in [0.05, 0.1) is 26.4 Å². The maximum atomic E-state index is 5.75. The first-order valence-corrected chi connectivity index (χ1v) is 7.00. The van der Waals surface area contributed by atoms with E-state index in [1.54, 1.807) is 13.3 Å². The second-order valence-electron chi connectivity index (χ2n) is 4.73. The van der Waals surface area contributed by atoms with Gasteiger partial charge in [0.15, 0.2) is 5.96 Å². The van der Waals surface area contributed by atoms with Crippen LogP contribution in [0.1, 0.15) is 12.0 Å². The minimum Gasteiger partial charge on any atom is -0.472 e. The summed E-state index contributed by atoms with van der Waals surface area (Å²) in [6, 6.07) is 3.77. The third-order valence-electron chi connectivity index (χ3n) is 3.02. The Kier molecular flexibility index (Phi) is 9.09. The Balaban J connectivity index is 0.00000242. The topological polar surface area (TPSA) is 91.0 Å². The number of nitrogens with two attached hydrogens (primary N) is 1. The number of guanidine groups is 1. The largest absolute Gasteiger partial charge is 0.472 e. The maximum Gasteiger partial charge on any atom is 0.213 e. The zero-order chi connectivity index (χ0) is 14.9. The summed E-state index contributed by atoms with van der Waals surface area (Å²) in [5.41, 5.74) is 6.75. The number of halogens is 1. The molecular weight excluding hydrogens is 399 g/mol. The Morgan fingerprint density at radius 3 is 3.18 bits per heavy atom. The predicted molar refractivity (Wildman–Crippen MR) is 94.7 cm³/mol. The van der Waals surface area contributed by atoms with Crippen molar-refractivity contribution in [3.8, 4) is 5.88 Å². The highest BCUT2D eigenvalue weighted by molar-refractivity contribution is 14.0. The lowest BCUT2D eigenvalue weighted by atomic mass is 10.2. The van der Waals surface area contributed by atoms with Crippen LogP contribution in [0.3, 0.4) is 0 Å². The van der Waals surface area contributed by atoms with Crippen molar-refractivity contribution in [1.82, 2.24) is 10.3 Å². The monoisotopic (exact) mass is 422 g/mol. The lowest BCUT2D eigenvalue weighted by molar-refractivity contribution is 0.138. The molecule has 7 nitrogen and oxygen atoms in total. The third kappa shape index (κ3) is 6.75. The zero-order valence-electron chi connectivity index (χ0n) is 12.7. The summed E-state index contributed by atoms with van der Waals surface area (Å²) >= 11 is 0. The van der Waals surface area contributed by atoms with Crippen molar-refractivity contribution in [2.24, 2.45) is 10.7 Å². The minimum atomic E-state index is 0. The highest BCUT2D eigenvalue weighted by Gasteiger charge is 2.17. The molecule has 0 saturated carbocycles. The van der Waals surface area contributed by atoms with Gasteiger partial charge in [0, 0.05) is 32.3 Å². The van der Waals surface area contributed by atoms with Gasteiger partial charge in [-0.1, -0.05) is 0 Å². The molecule has 22 heavy (non-hydrogen) atoms. The van der Waals surface area contributed by atoms with Gasteiger partial charge >= 0.3 is 0 Å². The van der Waals surface area contributed by atoms with E-state index in [4.69, 9.17) is 19.9 Å². The van der Waals surface area contributed by atoms with Crippen molar-refractivity contribution in [3.05, 3.63) is 23.9 Å². The van der Waals surface area contributed by atoms with Crippen molar-refractivity contribution >= 4 is 29.9 Å². The molecule has 124 valence electrons. The maximum absolute atomic E-state index is 5.75. The van der Waals surface area contributed by atoms with E-state index in [1.165, 1.54) is 0 Å². The van der Waals surface area contributed by atoms with E-state index in [0.717, 1.165) is 18.6 Å². The van der Waals surface area contributed by atoms with Crippen LogP contribution >= 0.6 is 24.0 Å². The van der Waals surface area contributed by atoms with E-state index in [9.17, 15) is 0 Å². The molecule has 1 aromatic heterocycles. The van der Waals surface area contributed by atoms with E-state index >= 15 is 0 Å². The van der Waals surface area contributed by atoms with Crippen molar-refractivity contribution in [1.29, 1.82) is 0 Å². The number of nitrogens with one attached hydrogen (secondary N) is 1. The SMILES string of the molecule is COCCNC(N)=NCc1ccnc(OC2CCOC2)c1.I. The molecule has 1 atom stereocenters. The Morgan fingerprint density at radius 2 is 2.45 bits per heavy atom. The first-order valence-electron chi connectivity index (χ1n) is 7.00. The van der Waals surface area contributed by atoms with Crippen LogP contribution in [-0.4, -0.2) is 50.5 Å². The molecule has 0 aliphatic carbocycles. The van der Waals surface area contributed by atoms with Gasteiger partial charge in [0.2, 0.25) is 5.88 Å². The van der Waals surface area contributed by atoms with Crippen LogP contribution in [-0.2, 0) is 16.0 Å². The number of ether oxygens (including phenoxy) is 3. The molecule has 1 aliphatic heterocycles. The number of nitrogens with zero attached hydrogens (tertiary/aromatic N) is 2. The van der Waals surface area contributed by atoms with Crippen molar-refractivity contribution in [3.63, 3.8) is 0 Å². The number of aromatic nitrogens is 1. The number of aliphatic imine (C=N–C) groups is 1. The third-order valence-corrected chi connectivity index (χ3v) is 3.02. The van der Waals surface area contributed by atoms with E-state index in [-0.39, 0.29) is 30.1 Å². The zero-order valence-corrected chi connectivity index (χ0v) is 15.0. The normalized spacial score (nSPS) is 17.9. The molecule has 0 radical (unpaired) electrons. The second-order valence-corrected chi connectivity index (χ2v) is 4.73. The summed E-state index contributed by atoms with van der Waals surface area (Å²) in [6.07, 6.45) is 2.71. The lowest BCUT2D eigenvalue weighted by Crippen LogP contribution is -2.34. The van der Waals surface area contributed by atoms with Gasteiger partial charge in [-0.15, -0.1) is 24.0 Å². The molecule has 2 heterocycles. The second kappa shape index (κ2) is 10.6. The smallest absolute Gasteiger partial charge is 0.213 e. The van der Waals surface area contributed by atoms with Gasteiger partial charge in [-0.25, -0.2) is 9.98 Å². The Hall–Kier alpha value is -1.13. The number of methoxy groups -OCH3 is 1. The molecule has 0 aromatic carbocycles. The molecular formula is C14H23IN4O3. The Bertz CT molecular complexity index is 467. The van der Waals surface area contributed by atoms with E-state index < -0.39 is 0 Å². The van der Waals surface area contributed by atoms with Gasteiger partial charge in [-0.05, 0) is 11.6 Å². The van der Waals surface area contributed by atoms with Gasteiger partial charge in [-0.2, -0.15) is 0 Å². The summed E-state index contributed by atoms with van der Waals surface area (Å²) in [5, 5.41) is 2.97. The summed E-state index contributed by atoms with van der Waals surface area (Å²) in [6.45, 7) is 3.08. The summed E-state index contributed by atoms with van der Waals surface area (Å²) in [4.78, 5) is 8.46. The van der Waals surface area contributed by atoms with E-state index in [0.29, 0.717) is 38.1 Å². The molecule has 2 rings (SSSR count). The fourth-order valence-corrected chi connectivity index (χ4v) is 1.90. The van der Waals surface area contributed by atoms with Crippen LogP contribution in [0.25, 0.3) is 0 Å². The fourth-order valence-electron chi connectivity index (χ4n) is 1.90. The molecule has 1 saturated heterocycles. The molecule has 3 N–H and O–H groups in total. The van der Waals surface area contributed by atoms with Crippen LogP contribution in [0, 0.1) is 0 Å². The number of hydrogen-bond acceptors (Lipinski definition) is 5. The van der Waals surface area contributed by atoms with Gasteiger partial charge < -0.3 is 25.3 Å². The molecule has 1 aromatic rings. The summed E-state index contributed by atoms with van der Waals surface area (Å²) in [5.74, 6) is 1.000. The van der Waals surface area contributed by atoms with Crippen LogP contribution in [0.4, 0.5) is 0 Å². The van der Waals surface area contributed by atoms with Crippen LogP contribution in [0.5, 0.6) is 5.88 Å². The van der Waals surface area contributed by atoms with Crippen molar-refractivity contribution in [2.75, 3.05) is 33.5 Å². The van der Waals surface area contributed by atoms with Crippen LogP contribution < -0.4 is 15.8 Å². The Morgan fingerprint density at radius 1 is 1.59 bits per heavy atom. The Labute approximate surface area is 147 Å². The minimum absolute atomic E-state index is 0. The van der Waals surface area contributed by atoms with Gasteiger partial charge in [0.1, 0.15) is 6.10 Å². The molecule has 0 bridgehead atoms. The molecule has 1 unspecified atom stereocenters. The summed E-state index contributed by atoms with van der Waals surface area (Å²) < 4.78 is 16.0. The lowest BCUT2D eigenvalue weighted by Gasteiger charge is -2.11. The van der Waals surface area contributed by atoms with Crippen LogP contribution in [0.15, 0.2) is 23.3 Å². The summed E-state index contributed by atoms with van der Waals surface area (Å²) in [7, 11) is 1.64. The van der Waals surface area contributed by atoms with Crippen molar-refractivity contribution < 1.29 is 14.2 Å². The van der Waals surface area contributed by atoms with E-state index in [2.05, 4.69) is 15.3 Å². The van der Waals surface area contributed by atoms with Crippen molar-refractivity contribution in [2.45, 2.75) is 19.1 Å². The standard InChI is InChI=1S/C14H22N4O3.HI/c1-19-7-5-17-14(15)18-9-11-2-4-16-13(8-11)21-12-3-6-20-10-12;/h2,4,8,12H,3,5-7,9-10H2,1H3,(H3,15,17,18);1H. The van der Waals surface area contributed by atoms with E-state index in [1.807, 2.05) is 12.1 Å². The number of hydrogen-bond donors (Lipinski definition) is 2. The molecule has 1 aliphatic rings. The first kappa shape index (κ1) is 18.9. The quantitative estimate of drug-likeness (QED) is 0.294. The average Bonchev–Trinajstić information content (AvgIpc) is 2.99. The van der Waals surface area contributed by atoms with Crippen LogP contribution in [0.2, 0.25) is 0 Å². The fraction of sp³-hybridized carbons (Fsp3) is 0.571.